The first-order chi connectivity index (χ1) is 8.95. The van der Waals surface area contributed by atoms with Gasteiger partial charge in [-0.1, -0.05) is 11.6 Å². The van der Waals surface area contributed by atoms with Crippen LogP contribution in [0, 0.1) is 17.5 Å². The molecular weight excluding hydrogens is 277 g/mol. The fourth-order valence-electron chi connectivity index (χ4n) is 1.71. The monoisotopic (exact) mass is 284 g/mol. The highest BCUT2D eigenvalue weighted by atomic mass is 35.5. The van der Waals surface area contributed by atoms with Crippen molar-refractivity contribution in [3.05, 3.63) is 70.0 Å². The summed E-state index contributed by atoms with van der Waals surface area (Å²) in [6.07, 6.45) is -0.284. The third-order valence-corrected chi connectivity index (χ3v) is 2.75. The maximum absolute atomic E-state index is 13.5. The van der Waals surface area contributed by atoms with Gasteiger partial charge in [0.15, 0.2) is 5.78 Å². The highest BCUT2D eigenvalue weighted by Crippen LogP contribution is 2.17. The van der Waals surface area contributed by atoms with Crippen molar-refractivity contribution in [1.82, 2.24) is 0 Å². The Bertz CT molecular complexity index is 620. The van der Waals surface area contributed by atoms with Crippen molar-refractivity contribution in [3.8, 4) is 0 Å². The van der Waals surface area contributed by atoms with Gasteiger partial charge in [0.25, 0.3) is 0 Å². The molecule has 0 amide bonds. The second-order valence-corrected chi connectivity index (χ2v) is 4.44. The highest BCUT2D eigenvalue weighted by Gasteiger charge is 2.13. The van der Waals surface area contributed by atoms with E-state index in [0.29, 0.717) is 6.07 Å². The lowest BCUT2D eigenvalue weighted by molar-refractivity contribution is 0.0989. The summed E-state index contributed by atoms with van der Waals surface area (Å²) in [5, 5.41) is 0.172. The van der Waals surface area contributed by atoms with Crippen LogP contribution in [0.1, 0.15) is 15.9 Å². The summed E-state index contributed by atoms with van der Waals surface area (Å²) in [7, 11) is 0. The summed E-state index contributed by atoms with van der Waals surface area (Å²) in [4.78, 5) is 11.8. The molecule has 0 atom stereocenters. The summed E-state index contributed by atoms with van der Waals surface area (Å²) < 4.78 is 39.4. The summed E-state index contributed by atoms with van der Waals surface area (Å²) in [6, 6.07) is 6.42. The number of carbonyl (C=O) groups is 1. The maximum Gasteiger partial charge on any atom is 0.170 e. The van der Waals surface area contributed by atoms with Crippen LogP contribution >= 0.6 is 11.6 Å². The van der Waals surface area contributed by atoms with Crippen molar-refractivity contribution < 1.29 is 18.0 Å². The van der Waals surface area contributed by atoms with E-state index < -0.39 is 23.2 Å². The van der Waals surface area contributed by atoms with Gasteiger partial charge in [-0.05, 0) is 35.9 Å². The predicted molar refractivity (Wildman–Crippen MR) is 65.8 cm³/mol. The molecule has 0 aromatic heterocycles. The highest BCUT2D eigenvalue weighted by molar-refractivity contribution is 6.30. The predicted octanol–water partition coefficient (Wildman–Crippen LogP) is 4.18. The molecule has 2 aromatic carbocycles. The van der Waals surface area contributed by atoms with Crippen LogP contribution in [0.2, 0.25) is 5.02 Å². The number of rotatable bonds is 3. The number of carbonyl (C=O) groups excluding carboxylic acids is 1. The molecule has 1 nitrogen and oxygen atoms in total. The van der Waals surface area contributed by atoms with E-state index in [9.17, 15) is 18.0 Å². The summed E-state index contributed by atoms with van der Waals surface area (Å²) in [6.45, 7) is 0. The number of ketones is 1. The van der Waals surface area contributed by atoms with Gasteiger partial charge in [0.1, 0.15) is 17.5 Å². The number of Topliss-reactive ketones (excluding diaryl/α,β-unsaturated/α-hetero) is 1. The van der Waals surface area contributed by atoms with E-state index in [2.05, 4.69) is 0 Å². The van der Waals surface area contributed by atoms with E-state index in [0.717, 1.165) is 18.2 Å². The molecule has 0 spiro atoms. The molecular formula is C14H8ClF3O. The molecule has 0 unspecified atom stereocenters. The Kier molecular flexibility index (Phi) is 3.90. The van der Waals surface area contributed by atoms with Gasteiger partial charge >= 0.3 is 0 Å². The molecule has 0 N–H and O–H groups in total. The zero-order chi connectivity index (χ0) is 14.0. The van der Waals surface area contributed by atoms with Crippen LogP contribution in [-0.2, 0) is 6.42 Å². The molecule has 2 aromatic rings. The minimum atomic E-state index is -0.778. The number of halogens is 4. The smallest absolute Gasteiger partial charge is 0.170 e. The van der Waals surface area contributed by atoms with Crippen LogP contribution in [0.4, 0.5) is 13.2 Å². The minimum Gasteiger partial charge on any atom is -0.294 e. The molecule has 0 aliphatic carbocycles. The Hall–Kier alpha value is -1.81. The van der Waals surface area contributed by atoms with Gasteiger partial charge in [0.05, 0.1) is 5.56 Å². The standard InChI is InChI=1S/C14H8ClF3O/c15-9-1-2-12(13(18)6-9)14(19)5-8-3-10(16)7-11(17)4-8/h1-4,6-7H,5H2. The van der Waals surface area contributed by atoms with Crippen molar-refractivity contribution in [2.24, 2.45) is 0 Å². The van der Waals surface area contributed by atoms with Gasteiger partial charge in [-0.2, -0.15) is 0 Å². The van der Waals surface area contributed by atoms with Crippen LogP contribution in [0.5, 0.6) is 0 Å². The first-order valence-electron chi connectivity index (χ1n) is 5.39. The van der Waals surface area contributed by atoms with Crippen LogP contribution in [-0.4, -0.2) is 5.78 Å². The van der Waals surface area contributed by atoms with Crippen molar-refractivity contribution in [3.63, 3.8) is 0 Å². The molecule has 0 fully saturated rings. The first-order valence-corrected chi connectivity index (χ1v) is 5.77. The Balaban J connectivity index is 2.25. The van der Waals surface area contributed by atoms with Gasteiger partial charge in [-0.25, -0.2) is 13.2 Å². The maximum atomic E-state index is 13.5. The molecule has 19 heavy (non-hydrogen) atoms. The molecule has 0 heterocycles. The zero-order valence-electron chi connectivity index (χ0n) is 9.59. The molecule has 98 valence electrons. The lowest BCUT2D eigenvalue weighted by Crippen LogP contribution is -2.06. The average Bonchev–Trinajstić information content (AvgIpc) is 2.26. The summed E-state index contributed by atoms with van der Waals surface area (Å²) in [5.74, 6) is -2.88. The third kappa shape index (κ3) is 3.35. The lowest BCUT2D eigenvalue weighted by atomic mass is 10.0. The van der Waals surface area contributed by atoms with Gasteiger partial charge < -0.3 is 0 Å². The van der Waals surface area contributed by atoms with Crippen LogP contribution in [0.25, 0.3) is 0 Å². The Morgan fingerprint density at radius 3 is 2.21 bits per heavy atom. The van der Waals surface area contributed by atoms with Gasteiger partial charge in [-0.3, -0.25) is 4.79 Å². The molecule has 0 bridgehead atoms. The van der Waals surface area contributed by atoms with Crippen molar-refractivity contribution in [1.29, 1.82) is 0 Å². The Morgan fingerprint density at radius 1 is 1.00 bits per heavy atom. The van der Waals surface area contributed by atoms with Crippen molar-refractivity contribution in [2.75, 3.05) is 0 Å². The second kappa shape index (κ2) is 5.45. The molecule has 0 saturated heterocycles. The fraction of sp³-hybridized carbons (Fsp3) is 0.0714. The second-order valence-electron chi connectivity index (χ2n) is 4.00. The molecule has 0 aliphatic rings. The van der Waals surface area contributed by atoms with Crippen LogP contribution < -0.4 is 0 Å². The lowest BCUT2D eigenvalue weighted by Gasteiger charge is -2.04. The Labute approximate surface area is 112 Å². The average molecular weight is 285 g/mol. The van der Waals surface area contributed by atoms with Gasteiger partial charge in [-0.15, -0.1) is 0 Å². The third-order valence-electron chi connectivity index (χ3n) is 2.52. The molecule has 0 saturated carbocycles. The zero-order valence-corrected chi connectivity index (χ0v) is 10.3. The number of hydrogen-bond donors (Lipinski definition) is 0. The topological polar surface area (TPSA) is 17.1 Å². The molecule has 0 aliphatic heterocycles. The molecule has 0 radical (unpaired) electrons. The SMILES string of the molecule is O=C(Cc1cc(F)cc(F)c1)c1ccc(Cl)cc1F. The number of benzene rings is 2. The van der Waals surface area contributed by atoms with Crippen molar-refractivity contribution >= 4 is 17.4 Å². The van der Waals surface area contributed by atoms with Crippen LogP contribution in [0.15, 0.2) is 36.4 Å². The largest absolute Gasteiger partial charge is 0.294 e. The quantitative estimate of drug-likeness (QED) is 0.773. The van der Waals surface area contributed by atoms with E-state index in [4.69, 9.17) is 11.6 Å². The summed E-state index contributed by atoms with van der Waals surface area (Å²) in [5.41, 5.74) is -0.00841. The number of hydrogen-bond acceptors (Lipinski definition) is 1. The summed E-state index contributed by atoms with van der Waals surface area (Å²) >= 11 is 5.57. The van der Waals surface area contributed by atoms with E-state index in [-0.39, 0.29) is 22.6 Å². The van der Waals surface area contributed by atoms with Gasteiger partial charge in [0, 0.05) is 17.5 Å². The Morgan fingerprint density at radius 2 is 1.63 bits per heavy atom. The van der Waals surface area contributed by atoms with Crippen molar-refractivity contribution in [2.45, 2.75) is 6.42 Å². The van der Waals surface area contributed by atoms with E-state index in [1.807, 2.05) is 0 Å². The van der Waals surface area contributed by atoms with E-state index in [1.165, 1.54) is 12.1 Å². The molecule has 2 rings (SSSR count). The normalized spacial score (nSPS) is 10.5. The van der Waals surface area contributed by atoms with E-state index in [1.54, 1.807) is 0 Å². The first kappa shape index (κ1) is 13.6. The van der Waals surface area contributed by atoms with Gasteiger partial charge in [0.2, 0.25) is 0 Å². The van der Waals surface area contributed by atoms with Crippen LogP contribution in [0.3, 0.4) is 0 Å². The minimum absolute atomic E-state index is 0.150. The fourth-order valence-corrected chi connectivity index (χ4v) is 1.87. The molecule has 5 heteroatoms. The van der Waals surface area contributed by atoms with E-state index >= 15 is 0 Å².